The van der Waals surface area contributed by atoms with Crippen molar-refractivity contribution in [3.05, 3.63) is 23.8 Å². The van der Waals surface area contributed by atoms with E-state index in [2.05, 4.69) is 0 Å². The fraction of sp³-hybridized carbons (Fsp3) is 0.556. The molecule has 3 nitrogen and oxygen atoms in total. The van der Waals surface area contributed by atoms with Crippen molar-refractivity contribution in [1.82, 2.24) is 0 Å². The second kappa shape index (κ2) is 3.85. The Kier molecular flexibility index (Phi) is 3.03. The molecule has 0 unspecified atom stereocenters. The lowest BCUT2D eigenvalue weighted by Gasteiger charge is -2.30. The molecule has 0 saturated heterocycles. The van der Waals surface area contributed by atoms with E-state index in [1.807, 2.05) is 18.2 Å². The van der Waals surface area contributed by atoms with Crippen LogP contribution in [0.25, 0.3) is 0 Å². The first-order valence-corrected chi connectivity index (χ1v) is 3.94. The van der Waals surface area contributed by atoms with Gasteiger partial charge in [-0.1, -0.05) is 17.7 Å². The van der Waals surface area contributed by atoms with E-state index in [0.29, 0.717) is 13.0 Å². The molecule has 0 amide bonds. The highest BCUT2D eigenvalue weighted by molar-refractivity contribution is 5.24. The summed E-state index contributed by atoms with van der Waals surface area (Å²) in [6.07, 6.45) is 6.52. The van der Waals surface area contributed by atoms with E-state index in [0.717, 1.165) is 5.57 Å². The summed E-state index contributed by atoms with van der Waals surface area (Å²) in [5, 5.41) is 0. The van der Waals surface area contributed by atoms with E-state index >= 15 is 0 Å². The molecule has 68 valence electrons. The predicted molar refractivity (Wildman–Crippen MR) is 47.6 cm³/mol. The molecule has 0 saturated carbocycles. The number of hydrogen-bond acceptors (Lipinski definition) is 3. The van der Waals surface area contributed by atoms with E-state index in [-0.39, 0.29) is 0 Å². The summed E-state index contributed by atoms with van der Waals surface area (Å²) in [5.41, 5.74) is 6.66. The number of methoxy groups -OCH3 is 2. The number of rotatable bonds is 3. The van der Waals surface area contributed by atoms with E-state index in [1.54, 1.807) is 14.2 Å². The second-order valence-electron chi connectivity index (χ2n) is 2.79. The van der Waals surface area contributed by atoms with E-state index in [9.17, 15) is 0 Å². The Morgan fingerprint density at radius 3 is 2.67 bits per heavy atom. The highest BCUT2D eigenvalue weighted by atomic mass is 16.7. The zero-order chi connectivity index (χ0) is 9.03. The molecule has 0 aromatic heterocycles. The fourth-order valence-corrected chi connectivity index (χ4v) is 1.27. The first-order valence-electron chi connectivity index (χ1n) is 3.94. The van der Waals surface area contributed by atoms with Crippen LogP contribution in [0.1, 0.15) is 6.42 Å². The normalized spacial score (nSPS) is 20.8. The molecule has 0 fully saturated rings. The zero-order valence-corrected chi connectivity index (χ0v) is 7.54. The third-order valence-corrected chi connectivity index (χ3v) is 2.11. The van der Waals surface area contributed by atoms with Crippen LogP contribution in [-0.2, 0) is 9.47 Å². The second-order valence-corrected chi connectivity index (χ2v) is 2.79. The molecule has 0 bridgehead atoms. The van der Waals surface area contributed by atoms with Gasteiger partial charge in [0.1, 0.15) is 0 Å². The number of hydrogen-bond donors (Lipinski definition) is 1. The number of nitrogens with two attached hydrogens (primary N) is 1. The molecule has 0 aromatic rings. The summed E-state index contributed by atoms with van der Waals surface area (Å²) in [6, 6.07) is 0. The zero-order valence-electron chi connectivity index (χ0n) is 7.54. The van der Waals surface area contributed by atoms with Crippen molar-refractivity contribution in [1.29, 1.82) is 0 Å². The van der Waals surface area contributed by atoms with Crippen molar-refractivity contribution in [2.75, 3.05) is 20.8 Å². The molecule has 0 atom stereocenters. The Morgan fingerprint density at radius 1 is 1.50 bits per heavy atom. The summed E-state index contributed by atoms with van der Waals surface area (Å²) in [4.78, 5) is 0. The topological polar surface area (TPSA) is 44.5 Å². The fourth-order valence-electron chi connectivity index (χ4n) is 1.27. The standard InChI is InChI=1S/C9H15NO2/c1-11-9(12-2)5-3-4-8(6-9)7-10/h3-5H,6-7,10H2,1-2H3. The summed E-state index contributed by atoms with van der Waals surface area (Å²) in [6.45, 7) is 0.554. The summed E-state index contributed by atoms with van der Waals surface area (Å²) in [7, 11) is 3.26. The van der Waals surface area contributed by atoms with Crippen LogP contribution in [0.4, 0.5) is 0 Å². The molecule has 1 aliphatic carbocycles. The summed E-state index contributed by atoms with van der Waals surface area (Å²) in [5.74, 6) is -0.594. The Hall–Kier alpha value is -0.640. The molecule has 0 radical (unpaired) electrons. The van der Waals surface area contributed by atoms with Gasteiger partial charge in [0.15, 0.2) is 5.79 Å². The van der Waals surface area contributed by atoms with Crippen molar-refractivity contribution in [3.8, 4) is 0 Å². The van der Waals surface area contributed by atoms with Crippen LogP contribution in [0.5, 0.6) is 0 Å². The van der Waals surface area contributed by atoms with Crippen LogP contribution in [0.3, 0.4) is 0 Å². The lowest BCUT2D eigenvalue weighted by molar-refractivity contribution is -0.169. The molecule has 0 heterocycles. The molecule has 3 heteroatoms. The van der Waals surface area contributed by atoms with Gasteiger partial charge in [-0.05, 0) is 6.08 Å². The molecular formula is C9H15NO2. The largest absolute Gasteiger partial charge is 0.349 e. The van der Waals surface area contributed by atoms with Gasteiger partial charge in [-0.25, -0.2) is 0 Å². The highest BCUT2D eigenvalue weighted by Crippen LogP contribution is 2.26. The minimum atomic E-state index is -0.594. The Morgan fingerprint density at radius 2 is 2.17 bits per heavy atom. The highest BCUT2D eigenvalue weighted by Gasteiger charge is 2.28. The molecular weight excluding hydrogens is 154 g/mol. The van der Waals surface area contributed by atoms with Gasteiger partial charge in [-0.3, -0.25) is 0 Å². The first kappa shape index (κ1) is 9.45. The van der Waals surface area contributed by atoms with Crippen LogP contribution in [0, 0.1) is 0 Å². The average Bonchev–Trinajstić information content (AvgIpc) is 2.18. The molecule has 1 rings (SSSR count). The average molecular weight is 169 g/mol. The quantitative estimate of drug-likeness (QED) is 0.636. The monoisotopic (exact) mass is 169 g/mol. The third-order valence-electron chi connectivity index (χ3n) is 2.11. The van der Waals surface area contributed by atoms with Gasteiger partial charge in [-0.15, -0.1) is 0 Å². The van der Waals surface area contributed by atoms with Crippen molar-refractivity contribution >= 4 is 0 Å². The van der Waals surface area contributed by atoms with Crippen LogP contribution < -0.4 is 5.73 Å². The van der Waals surface area contributed by atoms with Crippen molar-refractivity contribution in [2.24, 2.45) is 5.73 Å². The maximum absolute atomic E-state index is 5.52. The Bertz CT molecular complexity index is 205. The lowest BCUT2D eigenvalue weighted by atomic mass is 9.99. The molecule has 1 aliphatic rings. The molecule has 0 aliphatic heterocycles. The molecule has 0 aromatic carbocycles. The molecule has 2 N–H and O–H groups in total. The van der Waals surface area contributed by atoms with Gasteiger partial charge in [0, 0.05) is 27.2 Å². The van der Waals surface area contributed by atoms with E-state index in [1.165, 1.54) is 0 Å². The number of ether oxygens (including phenoxy) is 2. The van der Waals surface area contributed by atoms with Gasteiger partial charge in [0.05, 0.1) is 0 Å². The number of allylic oxidation sites excluding steroid dienone is 2. The van der Waals surface area contributed by atoms with Crippen LogP contribution in [0.2, 0.25) is 0 Å². The van der Waals surface area contributed by atoms with E-state index < -0.39 is 5.79 Å². The SMILES string of the molecule is COC1(OC)C=CC=C(CN)C1. The van der Waals surface area contributed by atoms with Gasteiger partial charge >= 0.3 is 0 Å². The summed E-state index contributed by atoms with van der Waals surface area (Å²) >= 11 is 0. The van der Waals surface area contributed by atoms with E-state index in [4.69, 9.17) is 15.2 Å². The van der Waals surface area contributed by atoms with Gasteiger partial charge in [0.25, 0.3) is 0 Å². The maximum atomic E-state index is 5.52. The van der Waals surface area contributed by atoms with Crippen molar-refractivity contribution in [2.45, 2.75) is 12.2 Å². The van der Waals surface area contributed by atoms with Crippen LogP contribution in [-0.4, -0.2) is 26.6 Å². The first-order chi connectivity index (χ1) is 5.76. The van der Waals surface area contributed by atoms with Gasteiger partial charge < -0.3 is 15.2 Å². The van der Waals surface area contributed by atoms with Gasteiger partial charge in [0.2, 0.25) is 0 Å². The molecule has 12 heavy (non-hydrogen) atoms. The smallest absolute Gasteiger partial charge is 0.191 e. The molecule has 0 spiro atoms. The Labute approximate surface area is 72.8 Å². The third kappa shape index (κ3) is 1.75. The minimum absolute atomic E-state index is 0.554. The van der Waals surface area contributed by atoms with Crippen LogP contribution in [0.15, 0.2) is 23.8 Å². The van der Waals surface area contributed by atoms with Crippen molar-refractivity contribution in [3.63, 3.8) is 0 Å². The lowest BCUT2D eigenvalue weighted by Crippen LogP contribution is -2.34. The van der Waals surface area contributed by atoms with Crippen molar-refractivity contribution < 1.29 is 9.47 Å². The van der Waals surface area contributed by atoms with Crippen LogP contribution >= 0.6 is 0 Å². The Balaban J connectivity index is 2.73. The minimum Gasteiger partial charge on any atom is -0.349 e. The predicted octanol–water partition coefficient (Wildman–Crippen LogP) is 0.820. The maximum Gasteiger partial charge on any atom is 0.191 e. The summed E-state index contributed by atoms with van der Waals surface area (Å²) < 4.78 is 10.5. The van der Waals surface area contributed by atoms with Gasteiger partial charge in [-0.2, -0.15) is 0 Å².